The van der Waals surface area contributed by atoms with Crippen molar-refractivity contribution >= 4 is 11.5 Å². The second kappa shape index (κ2) is 5.71. The molecule has 0 bridgehead atoms. The van der Waals surface area contributed by atoms with Crippen LogP contribution in [0.1, 0.15) is 12.5 Å². The monoisotopic (exact) mass is 231 g/mol. The Balaban J connectivity index is 3.19. The van der Waals surface area contributed by atoms with Crippen molar-refractivity contribution in [2.45, 2.75) is 6.92 Å². The minimum Gasteiger partial charge on any atom is -0.497 e. The lowest BCUT2D eigenvalue weighted by Crippen LogP contribution is -2.04. The van der Waals surface area contributed by atoms with Crippen LogP contribution in [0.3, 0.4) is 0 Å². The zero-order valence-corrected chi connectivity index (χ0v) is 9.98. The number of carbonyl (C=O) groups is 1. The summed E-state index contributed by atoms with van der Waals surface area (Å²) >= 11 is 0. The van der Waals surface area contributed by atoms with Crippen molar-refractivity contribution in [1.82, 2.24) is 0 Å². The third-order valence-electron chi connectivity index (χ3n) is 2.36. The minimum atomic E-state index is -0.502. The molecule has 0 unspecified atom stereocenters. The number of hydrogen-bond acceptors (Lipinski definition) is 4. The van der Waals surface area contributed by atoms with E-state index in [1.165, 1.54) is 7.11 Å². The van der Waals surface area contributed by atoms with Crippen LogP contribution in [-0.4, -0.2) is 20.2 Å². The largest absolute Gasteiger partial charge is 0.497 e. The molecule has 1 aromatic carbocycles. The van der Waals surface area contributed by atoms with Gasteiger partial charge in [-0.25, -0.2) is 4.79 Å². The first-order valence-electron chi connectivity index (χ1n) is 4.97. The second-order valence-electron chi connectivity index (χ2n) is 3.33. The number of methoxy groups -OCH3 is 2. The highest BCUT2D eigenvalue weighted by atomic mass is 16.5. The number of benzene rings is 1. The lowest BCUT2D eigenvalue weighted by Gasteiger charge is -2.05. The lowest BCUT2D eigenvalue weighted by atomic mass is 10.0. The van der Waals surface area contributed by atoms with Crippen LogP contribution < -0.4 is 4.74 Å². The average Bonchev–Trinajstić information content (AvgIpc) is 2.39. The SMILES string of the molecule is COC(=O)C(C)=C(C#N)c1ccc(OC)cc1. The molecule has 0 atom stereocenters. The van der Waals surface area contributed by atoms with E-state index >= 15 is 0 Å². The number of allylic oxidation sites excluding steroid dienone is 1. The Bertz CT molecular complexity index is 480. The van der Waals surface area contributed by atoms with E-state index < -0.39 is 5.97 Å². The molecule has 0 fully saturated rings. The van der Waals surface area contributed by atoms with Crippen LogP contribution in [-0.2, 0) is 9.53 Å². The van der Waals surface area contributed by atoms with Crippen LogP contribution in [0.15, 0.2) is 29.8 Å². The third kappa shape index (κ3) is 2.85. The van der Waals surface area contributed by atoms with Crippen LogP contribution in [0.2, 0.25) is 0 Å². The van der Waals surface area contributed by atoms with Gasteiger partial charge in [0.05, 0.1) is 25.4 Å². The first-order chi connectivity index (χ1) is 8.13. The van der Waals surface area contributed by atoms with Crippen molar-refractivity contribution in [3.05, 3.63) is 35.4 Å². The van der Waals surface area contributed by atoms with Crippen molar-refractivity contribution in [2.75, 3.05) is 14.2 Å². The molecule has 0 heterocycles. The fourth-order valence-electron chi connectivity index (χ4n) is 1.38. The van der Waals surface area contributed by atoms with Crippen LogP contribution in [0.25, 0.3) is 5.57 Å². The van der Waals surface area contributed by atoms with E-state index in [1.54, 1.807) is 38.3 Å². The molecule has 0 aromatic heterocycles. The van der Waals surface area contributed by atoms with Gasteiger partial charge in [-0.15, -0.1) is 0 Å². The summed E-state index contributed by atoms with van der Waals surface area (Å²) in [5, 5.41) is 9.07. The van der Waals surface area contributed by atoms with Crippen LogP contribution in [0, 0.1) is 11.3 Å². The fraction of sp³-hybridized carbons (Fsp3) is 0.231. The van der Waals surface area contributed by atoms with E-state index in [0.29, 0.717) is 22.5 Å². The van der Waals surface area contributed by atoms with Crippen LogP contribution in [0.4, 0.5) is 0 Å². The number of rotatable bonds is 3. The molecule has 0 aliphatic heterocycles. The average molecular weight is 231 g/mol. The van der Waals surface area contributed by atoms with Crippen LogP contribution >= 0.6 is 0 Å². The number of carbonyl (C=O) groups excluding carboxylic acids is 1. The summed E-state index contributed by atoms with van der Waals surface area (Å²) in [5.74, 6) is 0.194. The summed E-state index contributed by atoms with van der Waals surface area (Å²) in [7, 11) is 2.85. The predicted octanol–water partition coefficient (Wildman–Crippen LogP) is 2.17. The maximum Gasteiger partial charge on any atom is 0.334 e. The van der Waals surface area contributed by atoms with Gasteiger partial charge in [-0.05, 0) is 36.8 Å². The summed E-state index contributed by atoms with van der Waals surface area (Å²) in [5.41, 5.74) is 1.26. The topological polar surface area (TPSA) is 59.3 Å². The van der Waals surface area contributed by atoms with Gasteiger partial charge in [0.15, 0.2) is 0 Å². The Morgan fingerprint density at radius 3 is 2.24 bits per heavy atom. The molecule has 17 heavy (non-hydrogen) atoms. The van der Waals surface area contributed by atoms with Gasteiger partial charge >= 0.3 is 5.97 Å². The maximum atomic E-state index is 11.4. The highest BCUT2D eigenvalue weighted by Crippen LogP contribution is 2.21. The predicted molar refractivity (Wildman–Crippen MR) is 63.2 cm³/mol. The molecule has 0 amide bonds. The molecule has 88 valence electrons. The highest BCUT2D eigenvalue weighted by molar-refractivity contribution is 6.00. The smallest absolute Gasteiger partial charge is 0.334 e. The summed E-state index contributed by atoms with van der Waals surface area (Å²) in [6, 6.07) is 8.93. The summed E-state index contributed by atoms with van der Waals surface area (Å²) in [6.45, 7) is 1.56. The molecule has 0 aliphatic carbocycles. The van der Waals surface area contributed by atoms with Gasteiger partial charge in [0.1, 0.15) is 11.8 Å². The Morgan fingerprint density at radius 2 is 1.82 bits per heavy atom. The standard InChI is InChI=1S/C13H13NO3/c1-9(13(15)17-3)12(8-14)10-4-6-11(16-2)7-5-10/h4-7H,1-3H3. The van der Waals surface area contributed by atoms with E-state index in [4.69, 9.17) is 10.00 Å². The molecule has 4 heteroatoms. The molecule has 0 saturated heterocycles. The Labute approximate surface area is 100 Å². The van der Waals surface area contributed by atoms with E-state index in [0.717, 1.165) is 0 Å². The molecule has 0 N–H and O–H groups in total. The highest BCUT2D eigenvalue weighted by Gasteiger charge is 2.12. The van der Waals surface area contributed by atoms with Crippen molar-refractivity contribution in [2.24, 2.45) is 0 Å². The molecule has 0 radical (unpaired) electrons. The number of nitrogens with zero attached hydrogens (tertiary/aromatic N) is 1. The van der Waals surface area contributed by atoms with Gasteiger partial charge in [-0.2, -0.15) is 5.26 Å². The van der Waals surface area contributed by atoms with E-state index in [2.05, 4.69) is 4.74 Å². The maximum absolute atomic E-state index is 11.4. The van der Waals surface area contributed by atoms with Crippen LogP contribution in [0.5, 0.6) is 5.75 Å². The Kier molecular flexibility index (Phi) is 4.29. The Hall–Kier alpha value is -2.28. The third-order valence-corrected chi connectivity index (χ3v) is 2.36. The summed E-state index contributed by atoms with van der Waals surface area (Å²) in [6.07, 6.45) is 0. The first kappa shape index (κ1) is 12.8. The number of nitriles is 1. The molecule has 0 spiro atoms. The van der Waals surface area contributed by atoms with Gasteiger partial charge in [-0.1, -0.05) is 0 Å². The summed E-state index contributed by atoms with van der Waals surface area (Å²) in [4.78, 5) is 11.4. The number of ether oxygens (including phenoxy) is 2. The zero-order valence-electron chi connectivity index (χ0n) is 9.98. The molecule has 1 aromatic rings. The molecule has 1 rings (SSSR count). The quantitative estimate of drug-likeness (QED) is 0.454. The van der Waals surface area contributed by atoms with Gasteiger partial charge in [-0.3, -0.25) is 0 Å². The van der Waals surface area contributed by atoms with E-state index in [9.17, 15) is 4.79 Å². The second-order valence-corrected chi connectivity index (χ2v) is 3.33. The van der Waals surface area contributed by atoms with E-state index in [-0.39, 0.29) is 0 Å². The van der Waals surface area contributed by atoms with Gasteiger partial charge < -0.3 is 9.47 Å². The van der Waals surface area contributed by atoms with Crippen molar-refractivity contribution < 1.29 is 14.3 Å². The zero-order chi connectivity index (χ0) is 12.8. The number of esters is 1. The van der Waals surface area contributed by atoms with E-state index in [1.807, 2.05) is 6.07 Å². The molecule has 0 aliphatic rings. The fourth-order valence-corrected chi connectivity index (χ4v) is 1.38. The van der Waals surface area contributed by atoms with Gasteiger partial charge in [0.25, 0.3) is 0 Å². The molecule has 4 nitrogen and oxygen atoms in total. The normalized spacial score (nSPS) is 11.2. The molecule has 0 saturated carbocycles. The first-order valence-corrected chi connectivity index (χ1v) is 4.97. The summed E-state index contributed by atoms with van der Waals surface area (Å²) < 4.78 is 9.61. The van der Waals surface area contributed by atoms with Crippen molar-refractivity contribution in [1.29, 1.82) is 5.26 Å². The van der Waals surface area contributed by atoms with Crippen molar-refractivity contribution in [3.63, 3.8) is 0 Å². The van der Waals surface area contributed by atoms with Gasteiger partial charge in [0.2, 0.25) is 0 Å². The van der Waals surface area contributed by atoms with Crippen molar-refractivity contribution in [3.8, 4) is 11.8 Å². The Morgan fingerprint density at radius 1 is 1.24 bits per heavy atom. The number of hydrogen-bond donors (Lipinski definition) is 0. The molecular formula is C13H13NO3. The van der Waals surface area contributed by atoms with Gasteiger partial charge in [0, 0.05) is 0 Å². The minimum absolute atomic E-state index is 0.292. The molecular weight excluding hydrogens is 218 g/mol. The lowest BCUT2D eigenvalue weighted by molar-refractivity contribution is -0.135.